The first-order chi connectivity index (χ1) is 12.7. The highest BCUT2D eigenvalue weighted by atomic mass is 19.1. The van der Waals surface area contributed by atoms with Crippen LogP contribution in [0.25, 0.3) is 0 Å². The molecule has 6 heteroatoms. The molecule has 0 spiro atoms. The maximum atomic E-state index is 13.8. The van der Waals surface area contributed by atoms with Gasteiger partial charge in [-0.05, 0) is 24.1 Å². The van der Waals surface area contributed by atoms with Gasteiger partial charge in [0.25, 0.3) is 0 Å². The Morgan fingerprint density at radius 2 is 1.85 bits per heavy atom. The van der Waals surface area contributed by atoms with E-state index in [1.807, 2.05) is 30.3 Å². The number of hydrogen-bond acceptors (Lipinski definition) is 2. The fourth-order valence-electron chi connectivity index (χ4n) is 2.91. The van der Waals surface area contributed by atoms with Crippen LogP contribution in [-0.4, -0.2) is 32.2 Å². The number of hydrogen-bond donors (Lipinski definition) is 2. The maximum Gasteiger partial charge on any atom is 0.191 e. The molecule has 2 aromatic rings. The van der Waals surface area contributed by atoms with Crippen LogP contribution < -0.4 is 10.6 Å². The molecule has 0 bridgehead atoms. The van der Waals surface area contributed by atoms with Crippen LogP contribution in [0.4, 0.5) is 8.78 Å². The van der Waals surface area contributed by atoms with Crippen LogP contribution >= 0.6 is 0 Å². The highest BCUT2D eigenvalue weighted by Crippen LogP contribution is 2.42. The van der Waals surface area contributed by atoms with Gasteiger partial charge < -0.3 is 15.4 Å². The van der Waals surface area contributed by atoms with Crippen molar-refractivity contribution in [2.24, 2.45) is 4.99 Å². The normalized spacial score (nSPS) is 19.3. The summed E-state index contributed by atoms with van der Waals surface area (Å²) in [7, 11) is 1.67. The van der Waals surface area contributed by atoms with Crippen molar-refractivity contribution in [1.29, 1.82) is 0 Å². The Hall–Kier alpha value is -2.47. The van der Waals surface area contributed by atoms with Gasteiger partial charge in [-0.15, -0.1) is 0 Å². The molecule has 1 aliphatic rings. The zero-order valence-electron chi connectivity index (χ0n) is 14.7. The van der Waals surface area contributed by atoms with Gasteiger partial charge in [-0.25, -0.2) is 8.78 Å². The Labute approximate surface area is 152 Å². The van der Waals surface area contributed by atoms with Crippen LogP contribution in [0.2, 0.25) is 0 Å². The average Bonchev–Trinajstić information content (AvgIpc) is 3.40. The van der Waals surface area contributed by atoms with Crippen LogP contribution in [0.3, 0.4) is 0 Å². The van der Waals surface area contributed by atoms with E-state index in [4.69, 9.17) is 4.74 Å². The van der Waals surface area contributed by atoms with Gasteiger partial charge in [0.2, 0.25) is 0 Å². The van der Waals surface area contributed by atoms with Gasteiger partial charge >= 0.3 is 0 Å². The summed E-state index contributed by atoms with van der Waals surface area (Å²) in [5, 5.41) is 6.36. The molecule has 0 radical (unpaired) electrons. The Morgan fingerprint density at radius 1 is 1.12 bits per heavy atom. The van der Waals surface area contributed by atoms with Crippen LogP contribution in [-0.2, 0) is 11.3 Å². The molecule has 0 aromatic heterocycles. The summed E-state index contributed by atoms with van der Waals surface area (Å²) in [4.78, 5) is 4.15. The molecule has 0 saturated heterocycles. The van der Waals surface area contributed by atoms with Crippen LogP contribution in [0, 0.1) is 11.6 Å². The fraction of sp³-hybridized carbons (Fsp3) is 0.350. The first-order valence-electron chi connectivity index (χ1n) is 8.72. The largest absolute Gasteiger partial charge is 0.375 e. The highest BCUT2D eigenvalue weighted by Gasteiger charge is 2.42. The van der Waals surface area contributed by atoms with E-state index in [9.17, 15) is 8.78 Å². The second kappa shape index (κ2) is 8.76. The van der Waals surface area contributed by atoms with Crippen molar-refractivity contribution >= 4 is 5.96 Å². The summed E-state index contributed by atoms with van der Waals surface area (Å²) in [6.45, 7) is 1.69. The number of benzene rings is 2. The smallest absolute Gasteiger partial charge is 0.191 e. The topological polar surface area (TPSA) is 45.7 Å². The quantitative estimate of drug-likeness (QED) is 0.453. The third-order valence-electron chi connectivity index (χ3n) is 4.36. The van der Waals surface area contributed by atoms with Gasteiger partial charge in [0.1, 0.15) is 11.6 Å². The van der Waals surface area contributed by atoms with Crippen molar-refractivity contribution in [2.75, 3.05) is 20.2 Å². The first kappa shape index (κ1) is 18.3. The van der Waals surface area contributed by atoms with E-state index in [0.29, 0.717) is 32.1 Å². The molecule has 4 nitrogen and oxygen atoms in total. The Bertz CT molecular complexity index is 732. The van der Waals surface area contributed by atoms with Gasteiger partial charge in [0.05, 0.1) is 13.2 Å². The number of guanidine groups is 1. The summed E-state index contributed by atoms with van der Waals surface area (Å²) in [6.07, 6.45) is 0.684. The van der Waals surface area contributed by atoms with E-state index in [2.05, 4.69) is 15.6 Å². The average molecular weight is 359 g/mol. The fourth-order valence-corrected chi connectivity index (χ4v) is 2.91. The van der Waals surface area contributed by atoms with E-state index in [-0.39, 0.29) is 17.5 Å². The monoisotopic (exact) mass is 359 g/mol. The predicted octanol–water partition coefficient (Wildman–Crippen LogP) is 3.20. The lowest BCUT2D eigenvalue weighted by molar-refractivity contribution is 0.125. The lowest BCUT2D eigenvalue weighted by atomic mass is 10.1. The molecule has 2 aromatic carbocycles. The molecule has 0 heterocycles. The van der Waals surface area contributed by atoms with E-state index in [0.717, 1.165) is 5.56 Å². The molecule has 1 fully saturated rings. The number of aliphatic imine (C=N–C) groups is 1. The van der Waals surface area contributed by atoms with Gasteiger partial charge in [0, 0.05) is 31.1 Å². The molecular weight excluding hydrogens is 336 g/mol. The molecule has 1 saturated carbocycles. The molecule has 26 heavy (non-hydrogen) atoms. The second-order valence-corrected chi connectivity index (χ2v) is 6.27. The second-order valence-electron chi connectivity index (χ2n) is 6.27. The summed E-state index contributed by atoms with van der Waals surface area (Å²) in [6, 6.07) is 13.9. The predicted molar refractivity (Wildman–Crippen MR) is 98.1 cm³/mol. The van der Waals surface area contributed by atoms with E-state index in [1.165, 1.54) is 18.2 Å². The summed E-state index contributed by atoms with van der Waals surface area (Å²) in [5.74, 6) is -0.533. The standard InChI is InChI=1S/C20H23F2N3O/c1-23-20(24-10-11-26-13-14-6-3-2-4-7-14)25-18-12-15(18)19-16(21)8-5-9-17(19)22/h2-9,15,18H,10-13H2,1H3,(H2,23,24,25). The molecule has 2 unspecified atom stereocenters. The van der Waals surface area contributed by atoms with Gasteiger partial charge in [-0.1, -0.05) is 36.4 Å². The molecule has 2 atom stereocenters. The Morgan fingerprint density at radius 3 is 2.54 bits per heavy atom. The summed E-state index contributed by atoms with van der Waals surface area (Å²) < 4.78 is 33.3. The summed E-state index contributed by atoms with van der Waals surface area (Å²) in [5.41, 5.74) is 1.29. The number of ether oxygens (including phenoxy) is 1. The number of nitrogens with zero attached hydrogens (tertiary/aromatic N) is 1. The van der Waals surface area contributed by atoms with Crippen molar-refractivity contribution < 1.29 is 13.5 Å². The van der Waals surface area contributed by atoms with Crippen LogP contribution in [0.5, 0.6) is 0 Å². The number of halogens is 2. The van der Waals surface area contributed by atoms with E-state index < -0.39 is 11.6 Å². The Balaban J connectivity index is 1.39. The van der Waals surface area contributed by atoms with E-state index >= 15 is 0 Å². The lowest BCUT2D eigenvalue weighted by Crippen LogP contribution is -2.40. The highest BCUT2D eigenvalue weighted by molar-refractivity contribution is 5.80. The minimum absolute atomic E-state index is 0.0159. The number of rotatable bonds is 7. The molecule has 1 aliphatic carbocycles. The molecule has 3 rings (SSSR count). The lowest BCUT2D eigenvalue weighted by Gasteiger charge is -2.12. The minimum atomic E-state index is -0.489. The van der Waals surface area contributed by atoms with E-state index in [1.54, 1.807) is 7.05 Å². The first-order valence-corrected chi connectivity index (χ1v) is 8.72. The van der Waals surface area contributed by atoms with Gasteiger partial charge in [0.15, 0.2) is 5.96 Å². The zero-order chi connectivity index (χ0) is 18.4. The van der Waals surface area contributed by atoms with Crippen molar-refractivity contribution in [3.05, 3.63) is 71.3 Å². The van der Waals surface area contributed by atoms with Crippen molar-refractivity contribution in [3.63, 3.8) is 0 Å². The summed E-state index contributed by atoms with van der Waals surface area (Å²) >= 11 is 0. The third kappa shape index (κ3) is 4.79. The minimum Gasteiger partial charge on any atom is -0.375 e. The van der Waals surface area contributed by atoms with Gasteiger partial charge in [-0.3, -0.25) is 4.99 Å². The molecular formula is C20H23F2N3O. The zero-order valence-corrected chi connectivity index (χ0v) is 14.7. The third-order valence-corrected chi connectivity index (χ3v) is 4.36. The molecule has 138 valence electrons. The van der Waals surface area contributed by atoms with Crippen molar-refractivity contribution in [1.82, 2.24) is 10.6 Å². The van der Waals surface area contributed by atoms with Crippen molar-refractivity contribution in [3.8, 4) is 0 Å². The van der Waals surface area contributed by atoms with Crippen LogP contribution in [0.1, 0.15) is 23.5 Å². The van der Waals surface area contributed by atoms with Gasteiger partial charge in [-0.2, -0.15) is 0 Å². The molecule has 0 amide bonds. The molecule has 2 N–H and O–H groups in total. The SMILES string of the molecule is CN=C(NCCOCc1ccccc1)NC1CC1c1c(F)cccc1F. The molecule has 0 aliphatic heterocycles. The maximum absolute atomic E-state index is 13.8. The van der Waals surface area contributed by atoms with Crippen LogP contribution in [0.15, 0.2) is 53.5 Å². The number of nitrogens with one attached hydrogen (secondary N) is 2. The van der Waals surface area contributed by atoms with Crippen molar-refractivity contribution in [2.45, 2.75) is 25.0 Å². The Kier molecular flexibility index (Phi) is 6.17.